The van der Waals surface area contributed by atoms with E-state index in [1.807, 2.05) is 30.3 Å². The zero-order chi connectivity index (χ0) is 14.7. The van der Waals surface area contributed by atoms with Crippen molar-refractivity contribution in [3.05, 3.63) is 69.1 Å². The highest BCUT2D eigenvalue weighted by molar-refractivity contribution is 5.97. The van der Waals surface area contributed by atoms with E-state index in [1.54, 1.807) is 0 Å². The summed E-state index contributed by atoms with van der Waals surface area (Å²) >= 11 is 0. The van der Waals surface area contributed by atoms with E-state index in [9.17, 15) is 19.5 Å². The highest BCUT2D eigenvalue weighted by atomic mass is 16.4. The summed E-state index contributed by atoms with van der Waals surface area (Å²) in [5.41, 5.74) is 0.409. The predicted octanol–water partition coefficient (Wildman–Crippen LogP) is 1.87. The molecule has 102 valence electrons. The first-order valence-electron chi connectivity index (χ1n) is 6.03. The summed E-state index contributed by atoms with van der Waals surface area (Å²) in [6.07, 6.45) is 0.288. The van der Waals surface area contributed by atoms with Crippen molar-refractivity contribution >= 4 is 11.8 Å². The molecule has 0 bridgehead atoms. The van der Waals surface area contributed by atoms with Gasteiger partial charge in [0.25, 0.3) is 5.56 Å². The SMILES string of the molecule is CC(=O)c1cc(C(=O)O)c(Cc2ccccc2)[nH]c1=O. The molecule has 0 saturated carbocycles. The van der Waals surface area contributed by atoms with Gasteiger partial charge < -0.3 is 10.1 Å². The Morgan fingerprint density at radius 1 is 1.15 bits per heavy atom. The van der Waals surface area contributed by atoms with Gasteiger partial charge in [0.2, 0.25) is 0 Å². The van der Waals surface area contributed by atoms with Crippen LogP contribution in [0.25, 0.3) is 0 Å². The molecule has 20 heavy (non-hydrogen) atoms. The summed E-state index contributed by atoms with van der Waals surface area (Å²) in [6.45, 7) is 1.23. The van der Waals surface area contributed by atoms with Crippen molar-refractivity contribution in [2.45, 2.75) is 13.3 Å². The summed E-state index contributed by atoms with van der Waals surface area (Å²) < 4.78 is 0. The van der Waals surface area contributed by atoms with Crippen LogP contribution in [0.15, 0.2) is 41.2 Å². The van der Waals surface area contributed by atoms with Gasteiger partial charge in [0.1, 0.15) is 0 Å². The van der Waals surface area contributed by atoms with Crippen molar-refractivity contribution in [1.29, 1.82) is 0 Å². The first-order chi connectivity index (χ1) is 9.49. The van der Waals surface area contributed by atoms with Gasteiger partial charge in [-0.05, 0) is 18.6 Å². The van der Waals surface area contributed by atoms with Gasteiger partial charge in [-0.1, -0.05) is 30.3 Å². The summed E-state index contributed by atoms with van der Waals surface area (Å²) in [5.74, 6) is -1.63. The molecule has 0 saturated heterocycles. The number of carboxylic acids is 1. The normalized spacial score (nSPS) is 10.2. The van der Waals surface area contributed by atoms with Crippen LogP contribution in [-0.2, 0) is 6.42 Å². The molecule has 1 heterocycles. The van der Waals surface area contributed by atoms with E-state index in [0.29, 0.717) is 5.69 Å². The lowest BCUT2D eigenvalue weighted by Crippen LogP contribution is -2.21. The number of carbonyl (C=O) groups excluding carboxylic acids is 1. The minimum absolute atomic E-state index is 0.0568. The number of benzene rings is 1. The van der Waals surface area contributed by atoms with Crippen LogP contribution in [0.4, 0.5) is 0 Å². The van der Waals surface area contributed by atoms with E-state index in [0.717, 1.165) is 11.6 Å². The van der Waals surface area contributed by atoms with Crippen molar-refractivity contribution < 1.29 is 14.7 Å². The number of aromatic carboxylic acids is 1. The first-order valence-corrected chi connectivity index (χ1v) is 6.03. The minimum atomic E-state index is -1.17. The third kappa shape index (κ3) is 2.83. The summed E-state index contributed by atoms with van der Waals surface area (Å²) in [7, 11) is 0. The van der Waals surface area contributed by atoms with Crippen molar-refractivity contribution in [3.63, 3.8) is 0 Å². The molecular weight excluding hydrogens is 258 g/mol. The maximum Gasteiger partial charge on any atom is 0.337 e. The average molecular weight is 271 g/mol. The number of hydrogen-bond donors (Lipinski definition) is 2. The van der Waals surface area contributed by atoms with Crippen molar-refractivity contribution in [2.24, 2.45) is 0 Å². The number of carbonyl (C=O) groups is 2. The van der Waals surface area contributed by atoms with E-state index < -0.39 is 17.3 Å². The molecule has 0 fully saturated rings. The number of Topliss-reactive ketones (excluding diaryl/α,β-unsaturated/α-hetero) is 1. The van der Waals surface area contributed by atoms with Crippen LogP contribution in [0, 0.1) is 0 Å². The number of nitrogens with one attached hydrogen (secondary N) is 1. The molecule has 5 nitrogen and oxygen atoms in total. The number of H-pyrrole nitrogens is 1. The Bertz CT molecular complexity index is 716. The summed E-state index contributed by atoms with van der Waals surface area (Å²) in [5, 5.41) is 9.21. The second-order valence-electron chi connectivity index (χ2n) is 4.43. The van der Waals surface area contributed by atoms with Gasteiger partial charge in [0, 0.05) is 12.1 Å². The maximum absolute atomic E-state index is 11.8. The quantitative estimate of drug-likeness (QED) is 0.831. The molecule has 2 aromatic rings. The number of carboxylic acid groups (broad SMARTS) is 1. The van der Waals surface area contributed by atoms with Gasteiger partial charge in [0.05, 0.1) is 11.1 Å². The molecule has 0 aliphatic rings. The van der Waals surface area contributed by atoms with E-state index in [1.165, 1.54) is 6.92 Å². The number of pyridine rings is 1. The van der Waals surface area contributed by atoms with Gasteiger partial charge >= 0.3 is 5.97 Å². The Hall–Kier alpha value is -2.69. The fourth-order valence-corrected chi connectivity index (χ4v) is 1.96. The van der Waals surface area contributed by atoms with E-state index in [4.69, 9.17) is 0 Å². The minimum Gasteiger partial charge on any atom is -0.478 e. The monoisotopic (exact) mass is 271 g/mol. The zero-order valence-corrected chi connectivity index (χ0v) is 10.8. The Morgan fingerprint density at radius 3 is 2.35 bits per heavy atom. The lowest BCUT2D eigenvalue weighted by molar-refractivity contribution is 0.0695. The topological polar surface area (TPSA) is 87.2 Å². The van der Waals surface area contributed by atoms with Crippen molar-refractivity contribution in [3.8, 4) is 0 Å². The Morgan fingerprint density at radius 2 is 1.80 bits per heavy atom. The molecule has 2 rings (SSSR count). The Labute approximate surface area is 114 Å². The summed E-state index contributed by atoms with van der Waals surface area (Å²) in [6, 6.07) is 10.3. The van der Waals surface area contributed by atoms with Crippen LogP contribution in [0.2, 0.25) is 0 Å². The first kappa shape index (κ1) is 13.7. The van der Waals surface area contributed by atoms with Crippen LogP contribution in [0.5, 0.6) is 0 Å². The lowest BCUT2D eigenvalue weighted by atomic mass is 10.0. The highest BCUT2D eigenvalue weighted by Crippen LogP contribution is 2.12. The third-order valence-corrected chi connectivity index (χ3v) is 2.96. The average Bonchev–Trinajstić information content (AvgIpc) is 2.39. The number of rotatable bonds is 4. The smallest absolute Gasteiger partial charge is 0.337 e. The zero-order valence-electron chi connectivity index (χ0n) is 10.8. The number of hydrogen-bond acceptors (Lipinski definition) is 3. The predicted molar refractivity (Wildman–Crippen MR) is 73.3 cm³/mol. The van der Waals surface area contributed by atoms with Crippen LogP contribution >= 0.6 is 0 Å². The van der Waals surface area contributed by atoms with Gasteiger partial charge in [-0.25, -0.2) is 4.79 Å². The lowest BCUT2D eigenvalue weighted by Gasteiger charge is -2.07. The Kier molecular flexibility index (Phi) is 3.79. The fraction of sp³-hybridized carbons (Fsp3) is 0.133. The molecule has 1 aromatic carbocycles. The van der Waals surface area contributed by atoms with Crippen LogP contribution < -0.4 is 5.56 Å². The van der Waals surface area contributed by atoms with Gasteiger partial charge in [-0.2, -0.15) is 0 Å². The molecule has 2 N–H and O–H groups in total. The third-order valence-electron chi connectivity index (χ3n) is 2.96. The fourth-order valence-electron chi connectivity index (χ4n) is 1.96. The van der Waals surface area contributed by atoms with Crippen LogP contribution in [0.3, 0.4) is 0 Å². The molecule has 5 heteroatoms. The maximum atomic E-state index is 11.8. The van der Waals surface area contributed by atoms with Gasteiger partial charge in [0.15, 0.2) is 5.78 Å². The largest absolute Gasteiger partial charge is 0.478 e. The molecule has 0 radical (unpaired) electrons. The molecule has 0 spiro atoms. The molecule has 0 atom stereocenters. The molecule has 1 aromatic heterocycles. The summed E-state index contributed by atoms with van der Waals surface area (Å²) in [4.78, 5) is 36.8. The number of aromatic nitrogens is 1. The highest BCUT2D eigenvalue weighted by Gasteiger charge is 2.16. The molecule has 0 aliphatic carbocycles. The van der Waals surface area contributed by atoms with Crippen LogP contribution in [0.1, 0.15) is 38.9 Å². The van der Waals surface area contributed by atoms with Crippen LogP contribution in [-0.4, -0.2) is 21.8 Å². The number of aromatic amines is 1. The molecule has 0 amide bonds. The van der Waals surface area contributed by atoms with E-state index in [2.05, 4.69) is 4.98 Å². The molecule has 0 aliphatic heterocycles. The van der Waals surface area contributed by atoms with Crippen molar-refractivity contribution in [2.75, 3.05) is 0 Å². The second kappa shape index (κ2) is 5.52. The second-order valence-corrected chi connectivity index (χ2v) is 4.43. The van der Waals surface area contributed by atoms with Gasteiger partial charge in [-0.3, -0.25) is 9.59 Å². The molecule has 0 unspecified atom stereocenters. The standard InChI is InChI=1S/C15H13NO4/c1-9(17)11-8-12(15(19)20)13(16-14(11)18)7-10-5-3-2-4-6-10/h2-6,8H,7H2,1H3,(H,16,18)(H,19,20). The van der Waals surface area contributed by atoms with E-state index >= 15 is 0 Å². The van der Waals surface area contributed by atoms with E-state index in [-0.39, 0.29) is 17.5 Å². The Balaban J connectivity index is 2.52. The van der Waals surface area contributed by atoms with Gasteiger partial charge in [-0.15, -0.1) is 0 Å². The molecular formula is C15H13NO4. The van der Waals surface area contributed by atoms with Crippen molar-refractivity contribution in [1.82, 2.24) is 4.98 Å². The number of ketones is 1.